The molecule has 0 aliphatic heterocycles. The Hall–Kier alpha value is -1.53. The fourth-order valence-electron chi connectivity index (χ4n) is 2.94. The van der Waals surface area contributed by atoms with Crippen LogP contribution in [0.5, 0.6) is 0 Å². The van der Waals surface area contributed by atoms with Gasteiger partial charge < -0.3 is 5.32 Å². The van der Waals surface area contributed by atoms with Crippen molar-refractivity contribution in [3.63, 3.8) is 0 Å². The molecule has 0 radical (unpaired) electrons. The standard InChI is InChI=1S/C16H22N4OS/c1-11(16(21)17-13-5-3-4-6-13)20(2)10-12-7-8-14-15(9-12)19-22-18-14/h7-9,11,13H,3-6,10H2,1-2H3,(H,17,21)/t11-/m0/s1. The summed E-state index contributed by atoms with van der Waals surface area (Å²) in [6, 6.07) is 6.34. The molecular weight excluding hydrogens is 296 g/mol. The van der Waals surface area contributed by atoms with E-state index in [0.29, 0.717) is 6.04 Å². The molecule has 1 saturated carbocycles. The highest BCUT2D eigenvalue weighted by molar-refractivity contribution is 7.00. The average Bonchev–Trinajstić information content (AvgIpc) is 3.16. The van der Waals surface area contributed by atoms with Crippen LogP contribution in [-0.4, -0.2) is 38.7 Å². The zero-order chi connectivity index (χ0) is 15.5. The number of amides is 1. The van der Waals surface area contributed by atoms with Gasteiger partial charge in [0.1, 0.15) is 11.0 Å². The molecule has 1 aromatic carbocycles. The van der Waals surface area contributed by atoms with E-state index in [0.717, 1.165) is 36.0 Å². The molecule has 2 aromatic rings. The molecule has 22 heavy (non-hydrogen) atoms. The van der Waals surface area contributed by atoms with Crippen LogP contribution in [0, 0.1) is 0 Å². The third kappa shape index (κ3) is 3.44. The second-order valence-electron chi connectivity index (χ2n) is 6.17. The van der Waals surface area contributed by atoms with Crippen LogP contribution in [0.15, 0.2) is 18.2 Å². The van der Waals surface area contributed by atoms with Crippen molar-refractivity contribution >= 4 is 28.7 Å². The minimum Gasteiger partial charge on any atom is -0.352 e. The van der Waals surface area contributed by atoms with Crippen LogP contribution in [-0.2, 0) is 11.3 Å². The van der Waals surface area contributed by atoms with Gasteiger partial charge in [-0.05, 0) is 44.5 Å². The van der Waals surface area contributed by atoms with E-state index in [2.05, 4.69) is 31.1 Å². The van der Waals surface area contributed by atoms with Gasteiger partial charge in [0.15, 0.2) is 0 Å². The van der Waals surface area contributed by atoms with Gasteiger partial charge in [0, 0.05) is 12.6 Å². The molecule has 1 N–H and O–H groups in total. The molecule has 3 rings (SSSR count). The van der Waals surface area contributed by atoms with Crippen LogP contribution in [0.2, 0.25) is 0 Å². The lowest BCUT2D eigenvalue weighted by molar-refractivity contribution is -0.126. The van der Waals surface area contributed by atoms with Gasteiger partial charge in [-0.25, -0.2) is 0 Å². The van der Waals surface area contributed by atoms with Crippen molar-refractivity contribution in [3.05, 3.63) is 23.8 Å². The van der Waals surface area contributed by atoms with Crippen molar-refractivity contribution in [2.24, 2.45) is 0 Å². The average molecular weight is 318 g/mol. The molecule has 5 nitrogen and oxygen atoms in total. The molecule has 1 atom stereocenters. The lowest BCUT2D eigenvalue weighted by atomic mass is 10.1. The molecule has 1 heterocycles. The van der Waals surface area contributed by atoms with E-state index in [1.807, 2.05) is 20.0 Å². The van der Waals surface area contributed by atoms with E-state index in [1.54, 1.807) is 0 Å². The minimum absolute atomic E-state index is 0.130. The number of nitrogens with one attached hydrogen (secondary N) is 1. The summed E-state index contributed by atoms with van der Waals surface area (Å²) in [5, 5.41) is 3.17. The van der Waals surface area contributed by atoms with Crippen molar-refractivity contribution in [1.29, 1.82) is 0 Å². The predicted molar refractivity (Wildman–Crippen MR) is 88.7 cm³/mol. The van der Waals surface area contributed by atoms with E-state index in [9.17, 15) is 4.79 Å². The summed E-state index contributed by atoms with van der Waals surface area (Å²) >= 11 is 1.23. The molecule has 0 unspecified atom stereocenters. The number of rotatable bonds is 5. The van der Waals surface area contributed by atoms with Gasteiger partial charge in [0.2, 0.25) is 5.91 Å². The van der Waals surface area contributed by atoms with Crippen molar-refractivity contribution in [3.8, 4) is 0 Å². The molecule has 1 amide bonds. The van der Waals surface area contributed by atoms with E-state index in [4.69, 9.17) is 0 Å². The quantitative estimate of drug-likeness (QED) is 0.920. The maximum Gasteiger partial charge on any atom is 0.237 e. The number of hydrogen-bond acceptors (Lipinski definition) is 5. The smallest absolute Gasteiger partial charge is 0.237 e. The van der Waals surface area contributed by atoms with E-state index < -0.39 is 0 Å². The van der Waals surface area contributed by atoms with Gasteiger partial charge in [0.25, 0.3) is 0 Å². The predicted octanol–water partition coefficient (Wildman–Crippen LogP) is 2.57. The molecular formula is C16H22N4OS. The summed E-state index contributed by atoms with van der Waals surface area (Å²) in [6.07, 6.45) is 4.71. The normalized spacial score (nSPS) is 17.2. The van der Waals surface area contributed by atoms with Gasteiger partial charge in [-0.15, -0.1) is 0 Å². The Balaban J connectivity index is 1.59. The Morgan fingerprint density at radius 2 is 2.09 bits per heavy atom. The van der Waals surface area contributed by atoms with Gasteiger partial charge >= 0.3 is 0 Å². The SMILES string of the molecule is C[C@@H](C(=O)NC1CCCC1)N(C)Cc1ccc2nsnc2c1. The molecule has 0 saturated heterocycles. The van der Waals surface area contributed by atoms with Crippen molar-refractivity contribution in [1.82, 2.24) is 19.0 Å². The lowest BCUT2D eigenvalue weighted by Gasteiger charge is -2.25. The van der Waals surface area contributed by atoms with E-state index >= 15 is 0 Å². The van der Waals surface area contributed by atoms with Crippen LogP contribution in [0.25, 0.3) is 11.0 Å². The third-order valence-corrected chi connectivity index (χ3v) is 5.05. The highest BCUT2D eigenvalue weighted by Gasteiger charge is 2.23. The number of carbonyl (C=O) groups excluding carboxylic acids is 1. The number of nitrogens with zero attached hydrogens (tertiary/aromatic N) is 3. The first-order valence-corrected chi connectivity index (χ1v) is 8.58. The van der Waals surface area contributed by atoms with Gasteiger partial charge in [-0.3, -0.25) is 9.69 Å². The first-order chi connectivity index (χ1) is 10.6. The second-order valence-corrected chi connectivity index (χ2v) is 6.70. The fourth-order valence-corrected chi connectivity index (χ4v) is 3.46. The fraction of sp³-hybridized carbons (Fsp3) is 0.562. The van der Waals surface area contributed by atoms with Crippen LogP contribution < -0.4 is 5.32 Å². The Kier molecular flexibility index (Phi) is 4.69. The summed E-state index contributed by atoms with van der Waals surface area (Å²) < 4.78 is 8.48. The van der Waals surface area contributed by atoms with Gasteiger partial charge in [0.05, 0.1) is 17.8 Å². The monoisotopic (exact) mass is 318 g/mol. The molecule has 1 aliphatic carbocycles. The van der Waals surface area contributed by atoms with Crippen molar-refractivity contribution < 1.29 is 4.79 Å². The molecule has 6 heteroatoms. The number of hydrogen-bond donors (Lipinski definition) is 1. The summed E-state index contributed by atoms with van der Waals surface area (Å²) in [6.45, 7) is 2.69. The largest absolute Gasteiger partial charge is 0.352 e. The first-order valence-electron chi connectivity index (χ1n) is 7.85. The van der Waals surface area contributed by atoms with E-state index in [-0.39, 0.29) is 11.9 Å². The Morgan fingerprint density at radius 3 is 2.86 bits per heavy atom. The van der Waals surface area contributed by atoms with Gasteiger partial charge in [-0.2, -0.15) is 8.75 Å². The zero-order valence-electron chi connectivity index (χ0n) is 13.1. The van der Waals surface area contributed by atoms with Crippen molar-refractivity contribution in [2.75, 3.05) is 7.05 Å². The summed E-state index contributed by atoms with van der Waals surface area (Å²) in [5.74, 6) is 0.130. The summed E-state index contributed by atoms with van der Waals surface area (Å²) in [7, 11) is 1.99. The molecule has 0 spiro atoms. The molecule has 1 aliphatic rings. The number of likely N-dealkylation sites (N-methyl/N-ethyl adjacent to an activating group) is 1. The molecule has 118 valence electrons. The zero-order valence-corrected chi connectivity index (χ0v) is 13.9. The third-order valence-electron chi connectivity index (χ3n) is 4.49. The Labute approximate surface area is 135 Å². The minimum atomic E-state index is -0.134. The van der Waals surface area contributed by atoms with Crippen LogP contribution in [0.4, 0.5) is 0 Å². The molecule has 1 aromatic heterocycles. The Morgan fingerprint density at radius 1 is 1.36 bits per heavy atom. The maximum atomic E-state index is 12.3. The number of aromatic nitrogens is 2. The maximum absolute atomic E-state index is 12.3. The highest BCUT2D eigenvalue weighted by atomic mass is 32.1. The topological polar surface area (TPSA) is 58.1 Å². The van der Waals surface area contributed by atoms with E-state index in [1.165, 1.54) is 24.6 Å². The molecule has 0 bridgehead atoms. The molecule has 1 fully saturated rings. The van der Waals surface area contributed by atoms with Crippen molar-refractivity contribution in [2.45, 2.75) is 51.2 Å². The number of carbonyl (C=O) groups is 1. The van der Waals surface area contributed by atoms with Gasteiger partial charge in [-0.1, -0.05) is 18.9 Å². The second kappa shape index (κ2) is 6.71. The van der Waals surface area contributed by atoms with Crippen LogP contribution in [0.3, 0.4) is 0 Å². The highest BCUT2D eigenvalue weighted by Crippen LogP contribution is 2.18. The van der Waals surface area contributed by atoms with Crippen LogP contribution in [0.1, 0.15) is 38.2 Å². The summed E-state index contributed by atoms with van der Waals surface area (Å²) in [5.41, 5.74) is 3.02. The summed E-state index contributed by atoms with van der Waals surface area (Å²) in [4.78, 5) is 14.4. The lowest BCUT2D eigenvalue weighted by Crippen LogP contribution is -2.46. The van der Waals surface area contributed by atoms with Crippen LogP contribution >= 0.6 is 11.7 Å². The number of fused-ring (bicyclic) bond motifs is 1. The first kappa shape index (κ1) is 15.4. The number of benzene rings is 1. The Bertz CT molecular complexity index is 650.